The summed E-state index contributed by atoms with van der Waals surface area (Å²) in [4.78, 5) is 8.53. The summed E-state index contributed by atoms with van der Waals surface area (Å²) in [6, 6.07) is 7.24. The first-order valence-electron chi connectivity index (χ1n) is 6.74. The van der Waals surface area contributed by atoms with Gasteiger partial charge in [-0.05, 0) is 46.4 Å². The summed E-state index contributed by atoms with van der Waals surface area (Å²) < 4.78 is 0. The SMILES string of the molecule is CCN(C(C)C)C(C)C.CN(C)c1ccccn1. The Morgan fingerprint density at radius 1 is 1.06 bits per heavy atom. The van der Waals surface area contributed by atoms with Gasteiger partial charge in [0.1, 0.15) is 5.82 Å². The van der Waals surface area contributed by atoms with Crippen molar-refractivity contribution >= 4 is 5.82 Å². The van der Waals surface area contributed by atoms with E-state index in [1.165, 1.54) is 0 Å². The van der Waals surface area contributed by atoms with E-state index in [4.69, 9.17) is 0 Å². The average Bonchev–Trinajstić information content (AvgIpc) is 2.30. The molecule has 0 spiro atoms. The monoisotopic (exact) mass is 251 g/mol. The van der Waals surface area contributed by atoms with Gasteiger partial charge in [0.05, 0.1) is 0 Å². The summed E-state index contributed by atoms with van der Waals surface area (Å²) in [6.45, 7) is 12.3. The topological polar surface area (TPSA) is 19.4 Å². The van der Waals surface area contributed by atoms with Crippen LogP contribution >= 0.6 is 0 Å². The lowest BCUT2D eigenvalue weighted by molar-refractivity contribution is 0.185. The van der Waals surface area contributed by atoms with Crippen LogP contribution in [0.25, 0.3) is 0 Å². The zero-order valence-corrected chi connectivity index (χ0v) is 13.0. The van der Waals surface area contributed by atoms with Gasteiger partial charge in [0, 0.05) is 32.4 Å². The van der Waals surface area contributed by atoms with Crippen LogP contribution in [0.1, 0.15) is 34.6 Å². The average molecular weight is 251 g/mol. The van der Waals surface area contributed by atoms with Crippen molar-refractivity contribution in [2.45, 2.75) is 46.7 Å². The standard InChI is InChI=1S/C8H19N.C7H10N2/c1-6-9(7(2)3)8(4)5;1-9(2)7-5-3-4-6-8-7/h7-8H,6H2,1-5H3;3-6H,1-2H3. The summed E-state index contributed by atoms with van der Waals surface area (Å²) in [6.07, 6.45) is 1.79. The minimum atomic E-state index is 0.690. The molecule has 0 radical (unpaired) electrons. The number of anilines is 1. The van der Waals surface area contributed by atoms with Crippen LogP contribution in [0.2, 0.25) is 0 Å². The quantitative estimate of drug-likeness (QED) is 0.818. The molecule has 1 heterocycles. The van der Waals surface area contributed by atoms with Crippen LogP contribution in [0.15, 0.2) is 24.4 Å². The second kappa shape index (κ2) is 8.92. The Labute approximate surface area is 113 Å². The van der Waals surface area contributed by atoms with E-state index in [1.807, 2.05) is 37.2 Å². The molecule has 0 unspecified atom stereocenters. The van der Waals surface area contributed by atoms with Crippen molar-refractivity contribution in [2.24, 2.45) is 0 Å². The third-order valence-corrected chi connectivity index (χ3v) is 2.80. The minimum Gasteiger partial charge on any atom is -0.363 e. The number of hydrogen-bond donors (Lipinski definition) is 0. The molecular weight excluding hydrogens is 222 g/mol. The van der Waals surface area contributed by atoms with Crippen LogP contribution in [0.3, 0.4) is 0 Å². The van der Waals surface area contributed by atoms with Crippen molar-refractivity contribution in [3.63, 3.8) is 0 Å². The third kappa shape index (κ3) is 6.60. The van der Waals surface area contributed by atoms with Crippen molar-refractivity contribution in [1.82, 2.24) is 9.88 Å². The lowest BCUT2D eigenvalue weighted by Gasteiger charge is -2.28. The van der Waals surface area contributed by atoms with Gasteiger partial charge in [-0.25, -0.2) is 4.98 Å². The molecule has 3 nitrogen and oxygen atoms in total. The maximum atomic E-state index is 4.10. The highest BCUT2D eigenvalue weighted by Gasteiger charge is 2.08. The van der Waals surface area contributed by atoms with Crippen LogP contribution in [-0.2, 0) is 0 Å². The normalized spacial score (nSPS) is 10.6. The molecule has 0 aliphatic rings. The lowest BCUT2D eigenvalue weighted by Crippen LogP contribution is -2.36. The molecule has 1 aromatic heterocycles. The largest absolute Gasteiger partial charge is 0.363 e. The van der Waals surface area contributed by atoms with E-state index >= 15 is 0 Å². The van der Waals surface area contributed by atoms with Crippen molar-refractivity contribution in [3.8, 4) is 0 Å². The van der Waals surface area contributed by atoms with Gasteiger partial charge < -0.3 is 4.90 Å². The number of pyridine rings is 1. The van der Waals surface area contributed by atoms with Crippen LogP contribution in [0.5, 0.6) is 0 Å². The van der Waals surface area contributed by atoms with Crippen LogP contribution in [0, 0.1) is 0 Å². The van der Waals surface area contributed by atoms with Crippen molar-refractivity contribution in [2.75, 3.05) is 25.5 Å². The van der Waals surface area contributed by atoms with E-state index in [-0.39, 0.29) is 0 Å². The molecule has 0 amide bonds. The highest BCUT2D eigenvalue weighted by atomic mass is 15.2. The van der Waals surface area contributed by atoms with Gasteiger partial charge in [0.25, 0.3) is 0 Å². The zero-order chi connectivity index (χ0) is 14.1. The number of nitrogens with zero attached hydrogens (tertiary/aromatic N) is 3. The van der Waals surface area contributed by atoms with Crippen molar-refractivity contribution in [3.05, 3.63) is 24.4 Å². The first-order valence-corrected chi connectivity index (χ1v) is 6.74. The van der Waals surface area contributed by atoms with Crippen LogP contribution in [0.4, 0.5) is 5.82 Å². The molecule has 0 fully saturated rings. The molecule has 0 atom stereocenters. The molecule has 1 aromatic rings. The summed E-state index contributed by atoms with van der Waals surface area (Å²) >= 11 is 0. The molecule has 18 heavy (non-hydrogen) atoms. The summed E-state index contributed by atoms with van der Waals surface area (Å²) in [7, 11) is 3.95. The molecule has 0 aliphatic heterocycles. The molecule has 0 saturated heterocycles. The lowest BCUT2D eigenvalue weighted by atomic mass is 10.2. The Morgan fingerprint density at radius 3 is 1.78 bits per heavy atom. The minimum absolute atomic E-state index is 0.690. The molecular formula is C15H29N3. The molecule has 3 heteroatoms. The van der Waals surface area contributed by atoms with Gasteiger partial charge >= 0.3 is 0 Å². The Balaban J connectivity index is 0.000000321. The van der Waals surface area contributed by atoms with Gasteiger partial charge in [-0.3, -0.25) is 4.90 Å². The highest BCUT2D eigenvalue weighted by Crippen LogP contribution is 2.03. The van der Waals surface area contributed by atoms with Crippen molar-refractivity contribution < 1.29 is 0 Å². The van der Waals surface area contributed by atoms with E-state index in [2.05, 4.69) is 44.5 Å². The Hall–Kier alpha value is -1.09. The molecule has 1 rings (SSSR count). The van der Waals surface area contributed by atoms with Crippen molar-refractivity contribution in [1.29, 1.82) is 0 Å². The number of hydrogen-bond acceptors (Lipinski definition) is 3. The van der Waals surface area contributed by atoms with Crippen LogP contribution < -0.4 is 4.90 Å². The fraction of sp³-hybridized carbons (Fsp3) is 0.667. The first kappa shape index (κ1) is 16.9. The first-order chi connectivity index (χ1) is 8.40. The van der Waals surface area contributed by atoms with Gasteiger partial charge in [0.2, 0.25) is 0 Å². The smallest absolute Gasteiger partial charge is 0.127 e. The molecule has 0 aliphatic carbocycles. The van der Waals surface area contributed by atoms with Gasteiger partial charge in [-0.15, -0.1) is 0 Å². The predicted octanol–water partition coefficient (Wildman–Crippen LogP) is 3.27. The number of aromatic nitrogens is 1. The third-order valence-electron chi connectivity index (χ3n) is 2.80. The Morgan fingerprint density at radius 2 is 1.61 bits per heavy atom. The molecule has 104 valence electrons. The number of rotatable bonds is 4. The molecule has 0 saturated carbocycles. The molecule has 0 bridgehead atoms. The van der Waals surface area contributed by atoms with Gasteiger partial charge in [0.15, 0.2) is 0 Å². The van der Waals surface area contributed by atoms with E-state index in [9.17, 15) is 0 Å². The van der Waals surface area contributed by atoms with E-state index < -0.39 is 0 Å². The zero-order valence-electron chi connectivity index (χ0n) is 13.0. The summed E-state index contributed by atoms with van der Waals surface area (Å²) in [5, 5.41) is 0. The van der Waals surface area contributed by atoms with Gasteiger partial charge in [-0.2, -0.15) is 0 Å². The Bertz CT molecular complexity index is 286. The second-order valence-electron chi connectivity index (χ2n) is 5.10. The molecule has 0 aromatic carbocycles. The predicted molar refractivity (Wildman–Crippen MR) is 81.2 cm³/mol. The van der Waals surface area contributed by atoms with E-state index in [0.717, 1.165) is 12.4 Å². The summed E-state index contributed by atoms with van der Waals surface area (Å²) in [5.74, 6) is 0.998. The summed E-state index contributed by atoms with van der Waals surface area (Å²) in [5.41, 5.74) is 0. The highest BCUT2D eigenvalue weighted by molar-refractivity contribution is 5.34. The van der Waals surface area contributed by atoms with Crippen LogP contribution in [-0.4, -0.2) is 42.6 Å². The van der Waals surface area contributed by atoms with Gasteiger partial charge in [-0.1, -0.05) is 13.0 Å². The molecule has 0 N–H and O–H groups in total. The Kier molecular flexibility index (Phi) is 8.38. The fourth-order valence-electron chi connectivity index (χ4n) is 1.94. The maximum absolute atomic E-state index is 4.10. The second-order valence-corrected chi connectivity index (χ2v) is 5.10. The van der Waals surface area contributed by atoms with E-state index in [0.29, 0.717) is 12.1 Å². The maximum Gasteiger partial charge on any atom is 0.127 e. The fourth-order valence-corrected chi connectivity index (χ4v) is 1.94. The van der Waals surface area contributed by atoms with E-state index in [1.54, 1.807) is 6.20 Å².